The largest absolute Gasteiger partial charge is 0.486 e. The second-order valence-electron chi connectivity index (χ2n) is 3.37. The Morgan fingerprint density at radius 3 is 2.38 bits per heavy atom. The van der Waals surface area contributed by atoms with E-state index in [4.69, 9.17) is 4.74 Å². The minimum absolute atomic E-state index is 0.0160. The molecule has 2 rings (SSSR count). The topological polar surface area (TPSA) is 9.23 Å². The van der Waals surface area contributed by atoms with Crippen molar-refractivity contribution < 1.29 is 9.13 Å². The van der Waals surface area contributed by atoms with E-state index in [-0.39, 0.29) is 11.4 Å². The molecule has 0 heterocycles. The van der Waals surface area contributed by atoms with Gasteiger partial charge in [0.25, 0.3) is 0 Å². The van der Waals surface area contributed by atoms with Crippen LogP contribution in [0.3, 0.4) is 0 Å². The number of ether oxygens (including phenoxy) is 1. The van der Waals surface area contributed by atoms with Gasteiger partial charge in [-0.15, -0.1) is 0 Å². The highest BCUT2D eigenvalue weighted by Crippen LogP contribution is 2.41. The first-order valence-electron chi connectivity index (χ1n) is 4.25. The van der Waals surface area contributed by atoms with Crippen molar-refractivity contribution in [1.82, 2.24) is 0 Å². The molecule has 70 valence electrons. The van der Waals surface area contributed by atoms with Crippen molar-refractivity contribution in [2.24, 2.45) is 0 Å². The lowest BCUT2D eigenvalue weighted by Gasteiger charge is -2.14. The summed E-state index contributed by atoms with van der Waals surface area (Å²) >= 11 is 3.41. The minimum Gasteiger partial charge on any atom is -0.486 e. The third-order valence-corrected chi connectivity index (χ3v) is 3.22. The summed E-state index contributed by atoms with van der Waals surface area (Å²) < 4.78 is 18.3. The Morgan fingerprint density at radius 2 is 1.92 bits per heavy atom. The molecule has 1 saturated carbocycles. The number of rotatable bonds is 3. The maximum Gasteiger partial charge on any atom is 0.123 e. The molecule has 3 heteroatoms. The maximum absolute atomic E-state index is 12.6. The van der Waals surface area contributed by atoms with E-state index in [9.17, 15) is 4.39 Å². The van der Waals surface area contributed by atoms with Gasteiger partial charge in [0.05, 0.1) is 0 Å². The van der Waals surface area contributed by atoms with Crippen LogP contribution in [0.4, 0.5) is 4.39 Å². The van der Waals surface area contributed by atoms with Crippen molar-refractivity contribution in [3.05, 3.63) is 30.1 Å². The molecule has 1 fully saturated rings. The van der Waals surface area contributed by atoms with Crippen molar-refractivity contribution in [1.29, 1.82) is 0 Å². The SMILES string of the molecule is Fc1ccc(OC2(CBr)CC2)cc1. The molecule has 0 radical (unpaired) electrons. The normalized spacial score (nSPS) is 18.3. The van der Waals surface area contributed by atoms with Crippen LogP contribution in [0.2, 0.25) is 0 Å². The van der Waals surface area contributed by atoms with Crippen LogP contribution >= 0.6 is 15.9 Å². The second-order valence-corrected chi connectivity index (χ2v) is 3.93. The fraction of sp³-hybridized carbons (Fsp3) is 0.400. The molecule has 1 aliphatic rings. The van der Waals surface area contributed by atoms with E-state index < -0.39 is 0 Å². The van der Waals surface area contributed by atoms with Crippen molar-refractivity contribution in [2.45, 2.75) is 18.4 Å². The van der Waals surface area contributed by atoms with Crippen LogP contribution in [0.5, 0.6) is 5.75 Å². The molecule has 0 spiro atoms. The molecule has 0 bridgehead atoms. The van der Waals surface area contributed by atoms with Gasteiger partial charge in [-0.05, 0) is 37.1 Å². The average molecular weight is 245 g/mol. The summed E-state index contributed by atoms with van der Waals surface area (Å²) in [5.41, 5.74) is -0.0160. The zero-order valence-corrected chi connectivity index (χ0v) is 8.68. The molecule has 0 amide bonds. The highest BCUT2D eigenvalue weighted by Gasteiger charge is 2.44. The zero-order valence-electron chi connectivity index (χ0n) is 7.09. The second kappa shape index (κ2) is 3.29. The molecule has 0 unspecified atom stereocenters. The van der Waals surface area contributed by atoms with Gasteiger partial charge in [0.15, 0.2) is 0 Å². The third kappa shape index (κ3) is 2.02. The summed E-state index contributed by atoms with van der Waals surface area (Å²) in [4.78, 5) is 0. The van der Waals surface area contributed by atoms with Gasteiger partial charge in [-0.1, -0.05) is 15.9 Å². The van der Waals surface area contributed by atoms with Crippen molar-refractivity contribution in [2.75, 3.05) is 5.33 Å². The van der Waals surface area contributed by atoms with E-state index >= 15 is 0 Å². The molecule has 0 aromatic heterocycles. The number of alkyl halides is 1. The smallest absolute Gasteiger partial charge is 0.123 e. The van der Waals surface area contributed by atoms with Crippen molar-refractivity contribution >= 4 is 15.9 Å². The number of benzene rings is 1. The van der Waals surface area contributed by atoms with Gasteiger partial charge in [0, 0.05) is 5.33 Å². The first kappa shape index (κ1) is 9.00. The van der Waals surface area contributed by atoms with E-state index in [1.807, 2.05) is 0 Å². The Kier molecular flexibility index (Phi) is 2.28. The van der Waals surface area contributed by atoms with Gasteiger partial charge in [0.1, 0.15) is 17.2 Å². The van der Waals surface area contributed by atoms with Gasteiger partial charge in [-0.3, -0.25) is 0 Å². The Labute approximate surface area is 85.0 Å². The summed E-state index contributed by atoms with van der Waals surface area (Å²) in [5, 5.41) is 0.845. The predicted molar refractivity (Wildman–Crippen MR) is 52.8 cm³/mol. The number of hydrogen-bond donors (Lipinski definition) is 0. The maximum atomic E-state index is 12.6. The predicted octanol–water partition coefficient (Wildman–Crippen LogP) is 3.13. The van der Waals surface area contributed by atoms with Gasteiger partial charge >= 0.3 is 0 Å². The van der Waals surface area contributed by atoms with Crippen molar-refractivity contribution in [3.63, 3.8) is 0 Å². The Hall–Kier alpha value is -0.570. The van der Waals surface area contributed by atoms with E-state index in [0.717, 1.165) is 23.9 Å². The monoisotopic (exact) mass is 244 g/mol. The Morgan fingerprint density at radius 1 is 1.31 bits per heavy atom. The van der Waals surface area contributed by atoms with E-state index in [0.29, 0.717) is 0 Å². The molecule has 1 aromatic rings. The molecule has 0 aliphatic heterocycles. The zero-order chi connectivity index (χ0) is 9.31. The quantitative estimate of drug-likeness (QED) is 0.743. The Bertz CT molecular complexity index is 292. The fourth-order valence-electron chi connectivity index (χ4n) is 1.16. The summed E-state index contributed by atoms with van der Waals surface area (Å²) in [6.45, 7) is 0. The first-order valence-corrected chi connectivity index (χ1v) is 5.37. The minimum atomic E-state index is -0.226. The van der Waals surface area contributed by atoms with Crippen LogP contribution in [0.25, 0.3) is 0 Å². The Balaban J connectivity index is 2.06. The van der Waals surface area contributed by atoms with Gasteiger partial charge < -0.3 is 4.74 Å². The van der Waals surface area contributed by atoms with Crippen LogP contribution in [0.1, 0.15) is 12.8 Å². The molecule has 1 nitrogen and oxygen atoms in total. The molecular formula is C10H10BrFO. The molecule has 1 aromatic carbocycles. The van der Waals surface area contributed by atoms with Crippen LogP contribution in [0.15, 0.2) is 24.3 Å². The highest BCUT2D eigenvalue weighted by molar-refractivity contribution is 9.09. The lowest BCUT2D eigenvalue weighted by molar-refractivity contribution is 0.206. The van der Waals surface area contributed by atoms with E-state index in [2.05, 4.69) is 15.9 Å². The average Bonchev–Trinajstić information content (AvgIpc) is 2.90. The number of halogens is 2. The molecule has 0 atom stereocenters. The van der Waals surface area contributed by atoms with E-state index in [1.165, 1.54) is 12.1 Å². The summed E-state index contributed by atoms with van der Waals surface area (Å²) in [6.07, 6.45) is 2.16. The van der Waals surface area contributed by atoms with Crippen LogP contribution < -0.4 is 4.74 Å². The summed E-state index contributed by atoms with van der Waals surface area (Å²) in [7, 11) is 0. The first-order chi connectivity index (χ1) is 6.24. The lowest BCUT2D eigenvalue weighted by Crippen LogP contribution is -2.19. The molecule has 13 heavy (non-hydrogen) atoms. The van der Waals surface area contributed by atoms with Crippen molar-refractivity contribution in [3.8, 4) is 5.75 Å². The van der Waals surface area contributed by atoms with Gasteiger partial charge in [-0.2, -0.15) is 0 Å². The summed E-state index contributed by atoms with van der Waals surface area (Å²) in [6, 6.07) is 6.16. The lowest BCUT2D eigenvalue weighted by atomic mass is 10.3. The molecule has 1 aliphatic carbocycles. The highest BCUT2D eigenvalue weighted by atomic mass is 79.9. The van der Waals surface area contributed by atoms with Crippen LogP contribution in [-0.4, -0.2) is 10.9 Å². The molecule has 0 saturated heterocycles. The number of hydrogen-bond acceptors (Lipinski definition) is 1. The van der Waals surface area contributed by atoms with Gasteiger partial charge in [-0.25, -0.2) is 4.39 Å². The fourth-order valence-corrected chi connectivity index (χ4v) is 1.83. The molecular weight excluding hydrogens is 235 g/mol. The standard InChI is InChI=1S/C10H10BrFO/c11-7-10(5-6-10)13-9-3-1-8(12)2-4-9/h1-4H,5-7H2. The van der Waals surface area contributed by atoms with E-state index in [1.54, 1.807) is 12.1 Å². The summed E-state index contributed by atoms with van der Waals surface area (Å²) in [5.74, 6) is 0.523. The van der Waals surface area contributed by atoms with Crippen LogP contribution in [0, 0.1) is 5.82 Å². The van der Waals surface area contributed by atoms with Gasteiger partial charge in [0.2, 0.25) is 0 Å². The molecule has 0 N–H and O–H groups in total. The van der Waals surface area contributed by atoms with Crippen LogP contribution in [-0.2, 0) is 0 Å². The third-order valence-electron chi connectivity index (χ3n) is 2.20.